The molecule has 0 radical (unpaired) electrons. The van der Waals surface area contributed by atoms with Crippen molar-refractivity contribution in [3.05, 3.63) is 65.5 Å². The van der Waals surface area contributed by atoms with Gasteiger partial charge < -0.3 is 9.47 Å². The molecule has 0 aliphatic heterocycles. The van der Waals surface area contributed by atoms with E-state index in [9.17, 15) is 0 Å². The van der Waals surface area contributed by atoms with Crippen LogP contribution in [0.15, 0.2) is 60.7 Å². The predicted octanol–water partition coefficient (Wildman–Crippen LogP) is 5.94. The number of rotatable bonds is 5. The number of hydrogen-bond acceptors (Lipinski definition) is 2. The topological polar surface area (TPSA) is 18.5 Å². The average Bonchev–Trinajstić information content (AvgIpc) is 2.67. The Morgan fingerprint density at radius 1 is 0.708 bits per heavy atom. The lowest BCUT2D eigenvalue weighted by atomic mass is 10.0. The molecule has 122 valence electrons. The van der Waals surface area contributed by atoms with E-state index < -0.39 is 0 Å². The molecule has 0 bridgehead atoms. The fraction of sp³-hybridized carbons (Fsp3) is 0.190. The van der Waals surface area contributed by atoms with E-state index in [0.29, 0.717) is 0 Å². The second kappa shape index (κ2) is 7.45. The van der Waals surface area contributed by atoms with Crippen LogP contribution in [0.1, 0.15) is 11.8 Å². The highest BCUT2D eigenvalue weighted by molar-refractivity contribution is 7.15. The monoisotopic (exact) mass is 337 g/mol. The molecular weight excluding hydrogens is 316 g/mol. The number of ether oxygens (including phenoxy) is 2. The third kappa shape index (κ3) is 3.41. The summed E-state index contributed by atoms with van der Waals surface area (Å²) in [6.45, 7) is 2.19. The van der Waals surface area contributed by atoms with Gasteiger partial charge in [-0.15, -0.1) is 0 Å². The third-order valence-electron chi connectivity index (χ3n) is 4.02. The molecule has 0 aliphatic carbocycles. The minimum absolute atomic E-state index is 0.874. The van der Waals surface area contributed by atoms with E-state index in [-0.39, 0.29) is 0 Å². The van der Waals surface area contributed by atoms with Crippen LogP contribution in [0.5, 0.6) is 11.5 Å². The summed E-state index contributed by atoms with van der Waals surface area (Å²) < 4.78 is 10.6. The van der Waals surface area contributed by atoms with E-state index >= 15 is 0 Å². The van der Waals surface area contributed by atoms with E-state index in [1.54, 1.807) is 14.2 Å². The maximum atomic E-state index is 5.28. The van der Waals surface area contributed by atoms with E-state index in [1.807, 2.05) is 35.6 Å². The van der Waals surface area contributed by atoms with Crippen molar-refractivity contribution in [2.45, 2.75) is 13.3 Å². The highest BCUT2D eigenvalue weighted by Crippen LogP contribution is 2.38. The van der Waals surface area contributed by atoms with Crippen LogP contribution in [0.4, 0.5) is 0 Å². The summed E-state index contributed by atoms with van der Waals surface area (Å²) in [4.78, 5) is 2.65. The van der Waals surface area contributed by atoms with Crippen molar-refractivity contribution in [3.8, 4) is 33.1 Å². The predicted molar refractivity (Wildman–Crippen MR) is 102 cm³/mol. The van der Waals surface area contributed by atoms with Gasteiger partial charge in [0.05, 0.1) is 14.2 Å². The van der Waals surface area contributed by atoms with Gasteiger partial charge in [-0.2, -0.15) is 0 Å². The van der Waals surface area contributed by atoms with Gasteiger partial charge in [-0.3, -0.25) is 0 Å². The lowest BCUT2D eigenvalue weighted by Crippen LogP contribution is -1.88. The van der Waals surface area contributed by atoms with Gasteiger partial charge in [0.1, 0.15) is 11.5 Å². The van der Waals surface area contributed by atoms with Gasteiger partial charge in [0.25, 0.3) is 0 Å². The van der Waals surface area contributed by atoms with Crippen LogP contribution >= 0.6 is 11.3 Å². The molecule has 0 saturated heterocycles. The summed E-state index contributed by atoms with van der Waals surface area (Å²) in [5.74, 6) is 1.75. The molecule has 3 aromatic rings. The number of aryl methyl sites for hydroxylation is 1. The summed E-state index contributed by atoms with van der Waals surface area (Å²) in [5, 5.41) is 0. The summed E-state index contributed by atoms with van der Waals surface area (Å²) in [7, 11) is 3.38. The van der Waals surface area contributed by atoms with Crippen LogP contribution in [-0.2, 0) is 6.42 Å². The number of hydrogen-bond donors (Lipinski definition) is 0. The Labute approximate surface area is 147 Å². The zero-order chi connectivity index (χ0) is 16.9. The molecule has 0 aliphatic rings. The molecule has 24 heavy (non-hydrogen) atoms. The number of benzene rings is 2. The maximum Gasteiger partial charge on any atom is 0.246 e. The molecule has 0 amide bonds. The first-order chi connectivity index (χ1) is 11.7. The molecule has 2 nitrogen and oxygen atoms in total. The zero-order valence-electron chi connectivity index (χ0n) is 14.2. The minimum atomic E-state index is 0.874. The molecule has 0 atom stereocenters. The fourth-order valence-electron chi connectivity index (χ4n) is 2.62. The molecule has 0 spiro atoms. The average molecular weight is 337 g/mol. The molecule has 2 aromatic carbocycles. The Bertz CT molecular complexity index is 808. The first kappa shape index (κ1) is 16.5. The highest BCUT2D eigenvalue weighted by atomic mass is 32.1. The van der Waals surface area contributed by atoms with Gasteiger partial charge >= 0.3 is 0 Å². The fourth-order valence-corrected chi connectivity index (χ4v) is 3.71. The molecule has 1 heterocycles. The highest BCUT2D eigenvalue weighted by Gasteiger charge is 2.20. The van der Waals surface area contributed by atoms with E-state index in [1.165, 1.54) is 26.4 Å². The van der Waals surface area contributed by atoms with Crippen molar-refractivity contribution in [3.63, 3.8) is 0 Å². The molecule has 0 unspecified atom stereocenters. The van der Waals surface area contributed by atoms with Crippen molar-refractivity contribution in [2.24, 2.45) is 0 Å². The van der Waals surface area contributed by atoms with Crippen LogP contribution in [0, 0.1) is 0 Å². The Morgan fingerprint density at radius 2 is 1.25 bits per heavy atom. The minimum Gasteiger partial charge on any atom is -0.497 e. The first-order valence-electron chi connectivity index (χ1n) is 8.00. The molecule has 0 N–H and O–H groups in total. The van der Waals surface area contributed by atoms with Crippen molar-refractivity contribution in [1.82, 2.24) is 0 Å². The zero-order valence-corrected chi connectivity index (χ0v) is 15.0. The normalized spacial score (nSPS) is 10.5. The summed E-state index contributed by atoms with van der Waals surface area (Å²) in [5.41, 5.74) is 3.65. The Balaban J connectivity index is 2.10. The Hall–Kier alpha value is -2.39. The molecule has 3 rings (SSSR count). The van der Waals surface area contributed by atoms with Crippen LogP contribution in [0.3, 0.4) is 0 Å². The lowest BCUT2D eigenvalue weighted by molar-refractivity contribution is 0.414. The van der Waals surface area contributed by atoms with Crippen molar-refractivity contribution in [1.29, 1.82) is 0 Å². The SMILES string of the molecule is CCc1ccc(-c2ccc(OC)cc2)c(-c2ccc(OC)cc2)[s+]1. The molecule has 0 fully saturated rings. The van der Waals surface area contributed by atoms with Gasteiger partial charge in [-0.05, 0) is 54.1 Å². The molecule has 0 saturated carbocycles. The third-order valence-corrected chi connectivity index (χ3v) is 5.36. The second-order valence-corrected chi connectivity index (χ2v) is 6.59. The second-order valence-electron chi connectivity index (χ2n) is 5.46. The smallest absolute Gasteiger partial charge is 0.246 e. The summed E-state index contributed by atoms with van der Waals surface area (Å²) in [6.07, 6.45) is 1.04. The van der Waals surface area contributed by atoms with Gasteiger partial charge in [0, 0.05) is 17.5 Å². The summed E-state index contributed by atoms with van der Waals surface area (Å²) in [6, 6.07) is 20.9. The van der Waals surface area contributed by atoms with Gasteiger partial charge in [0.15, 0.2) is 0 Å². The Morgan fingerprint density at radius 3 is 1.75 bits per heavy atom. The van der Waals surface area contributed by atoms with Crippen molar-refractivity contribution < 1.29 is 9.47 Å². The molecule has 3 heteroatoms. The Kier molecular flexibility index (Phi) is 5.11. The maximum absolute atomic E-state index is 5.28. The largest absolute Gasteiger partial charge is 0.497 e. The standard InChI is InChI=1S/C21H21O2S/c1-4-19-13-14-20(15-5-9-17(22-2)10-6-15)21(24-19)16-7-11-18(23-3)12-8-16/h5-14H,4H2,1-3H3/q+1. The number of methoxy groups -OCH3 is 2. The van der Waals surface area contributed by atoms with Crippen LogP contribution < -0.4 is 9.47 Å². The van der Waals surface area contributed by atoms with Crippen LogP contribution in [-0.4, -0.2) is 14.2 Å². The van der Waals surface area contributed by atoms with Gasteiger partial charge in [-0.1, -0.05) is 19.1 Å². The molecule has 1 aromatic heterocycles. The van der Waals surface area contributed by atoms with Gasteiger partial charge in [0.2, 0.25) is 21.1 Å². The van der Waals surface area contributed by atoms with E-state index in [2.05, 4.69) is 43.3 Å². The van der Waals surface area contributed by atoms with Gasteiger partial charge in [-0.25, -0.2) is 0 Å². The quantitative estimate of drug-likeness (QED) is 0.536. The lowest BCUT2D eigenvalue weighted by Gasteiger charge is -2.06. The summed E-state index contributed by atoms with van der Waals surface area (Å²) >= 11 is 1.85. The first-order valence-corrected chi connectivity index (χ1v) is 8.81. The molecular formula is C21H21O2S+. The van der Waals surface area contributed by atoms with E-state index in [0.717, 1.165) is 17.9 Å². The van der Waals surface area contributed by atoms with Crippen molar-refractivity contribution >= 4 is 11.3 Å². The van der Waals surface area contributed by atoms with Crippen molar-refractivity contribution in [2.75, 3.05) is 14.2 Å². The van der Waals surface area contributed by atoms with Crippen LogP contribution in [0.25, 0.3) is 21.6 Å². The van der Waals surface area contributed by atoms with E-state index in [4.69, 9.17) is 9.47 Å². The van der Waals surface area contributed by atoms with Crippen LogP contribution in [0.2, 0.25) is 0 Å².